The van der Waals surface area contributed by atoms with Gasteiger partial charge in [0, 0.05) is 18.7 Å². The van der Waals surface area contributed by atoms with Gasteiger partial charge in [-0.15, -0.1) is 0 Å². The highest BCUT2D eigenvalue weighted by Crippen LogP contribution is 2.46. The van der Waals surface area contributed by atoms with Gasteiger partial charge in [-0.25, -0.2) is 0 Å². The number of fused-ring (bicyclic) bond motifs is 4. The van der Waals surface area contributed by atoms with Crippen molar-refractivity contribution in [3.8, 4) is 11.5 Å². The van der Waals surface area contributed by atoms with Crippen LogP contribution in [0.15, 0.2) is 23.5 Å². The molecule has 2 heterocycles. The normalized spacial score (nSPS) is 23.7. The Morgan fingerprint density at radius 2 is 1.81 bits per heavy atom. The van der Waals surface area contributed by atoms with Crippen LogP contribution in [0.5, 0.6) is 11.5 Å². The smallest absolute Gasteiger partial charge is 0.226 e. The quantitative estimate of drug-likeness (QED) is 0.867. The van der Waals surface area contributed by atoms with Crippen LogP contribution in [0, 0.1) is 5.41 Å². The fourth-order valence-corrected chi connectivity index (χ4v) is 4.61. The van der Waals surface area contributed by atoms with Gasteiger partial charge in [0.25, 0.3) is 0 Å². The minimum Gasteiger partial charge on any atom is -0.493 e. The molecule has 0 saturated heterocycles. The maximum Gasteiger partial charge on any atom is 0.226 e. The molecule has 0 saturated carbocycles. The first kappa shape index (κ1) is 17.9. The largest absolute Gasteiger partial charge is 0.493 e. The summed E-state index contributed by atoms with van der Waals surface area (Å²) in [6, 6.07) is 3.90. The Kier molecular flexibility index (Phi) is 4.17. The van der Waals surface area contributed by atoms with Gasteiger partial charge in [0.1, 0.15) is 5.70 Å². The number of ether oxygens (including phenoxy) is 2. The second-order valence-electron chi connectivity index (χ2n) is 8.38. The number of rotatable bonds is 2. The zero-order chi connectivity index (χ0) is 19.3. The molecule has 1 N–H and O–H groups in total. The summed E-state index contributed by atoms with van der Waals surface area (Å²) in [5.41, 5.74) is 3.64. The van der Waals surface area contributed by atoms with E-state index in [9.17, 15) is 9.59 Å². The van der Waals surface area contributed by atoms with Crippen LogP contribution in [0.3, 0.4) is 0 Å². The van der Waals surface area contributed by atoms with Gasteiger partial charge in [-0.2, -0.15) is 0 Å². The van der Waals surface area contributed by atoms with E-state index in [0.717, 1.165) is 30.6 Å². The van der Waals surface area contributed by atoms with E-state index in [1.807, 2.05) is 12.1 Å². The molecule has 6 heteroatoms. The Balaban J connectivity index is 1.83. The number of methoxy groups -OCH3 is 2. The number of benzene rings is 1. The lowest BCUT2D eigenvalue weighted by atomic mass is 9.76. The average Bonchev–Trinajstić information content (AvgIpc) is 2.76. The number of Topliss-reactive ketones (excluding diaryl/α,β-unsaturated/α-hetero) is 1. The van der Waals surface area contributed by atoms with Crippen molar-refractivity contribution in [3.63, 3.8) is 0 Å². The molecule has 6 nitrogen and oxygen atoms in total. The Labute approximate surface area is 159 Å². The van der Waals surface area contributed by atoms with E-state index in [-0.39, 0.29) is 23.1 Å². The molecule has 1 aliphatic carbocycles. The van der Waals surface area contributed by atoms with E-state index in [1.165, 1.54) is 5.56 Å². The highest BCUT2D eigenvalue weighted by Gasteiger charge is 2.42. The predicted molar refractivity (Wildman–Crippen MR) is 101 cm³/mol. The van der Waals surface area contributed by atoms with Crippen LogP contribution < -0.4 is 14.8 Å². The van der Waals surface area contributed by atoms with Crippen LogP contribution in [0.2, 0.25) is 0 Å². The lowest BCUT2D eigenvalue weighted by molar-refractivity contribution is -0.124. The number of allylic oxidation sites excluding steroid dienone is 2. The third kappa shape index (κ3) is 2.97. The van der Waals surface area contributed by atoms with Crippen LogP contribution >= 0.6 is 0 Å². The maximum atomic E-state index is 12.7. The van der Waals surface area contributed by atoms with Crippen molar-refractivity contribution in [1.29, 1.82) is 0 Å². The molecule has 1 aromatic rings. The van der Waals surface area contributed by atoms with E-state index < -0.39 is 0 Å². The zero-order valence-corrected chi connectivity index (χ0v) is 16.3. The first-order valence-electron chi connectivity index (χ1n) is 9.40. The summed E-state index contributed by atoms with van der Waals surface area (Å²) >= 11 is 0. The number of ketones is 1. The predicted octanol–water partition coefficient (Wildman–Crippen LogP) is 2.72. The molecule has 27 heavy (non-hydrogen) atoms. The van der Waals surface area contributed by atoms with Crippen molar-refractivity contribution in [2.45, 2.75) is 45.6 Å². The van der Waals surface area contributed by atoms with E-state index in [2.05, 4.69) is 24.1 Å². The summed E-state index contributed by atoms with van der Waals surface area (Å²) in [4.78, 5) is 27.6. The highest BCUT2D eigenvalue weighted by molar-refractivity contribution is 6.01. The molecule has 0 radical (unpaired) electrons. The first-order valence-corrected chi connectivity index (χ1v) is 9.40. The molecule has 0 fully saturated rings. The monoisotopic (exact) mass is 370 g/mol. The SMILES string of the molecule is COc1cc2c(cc1OC)C1CC(=O)NC3=C(CC(C)(C)CC3=O)N1CC2. The average molecular weight is 370 g/mol. The zero-order valence-electron chi connectivity index (χ0n) is 16.3. The molecule has 0 spiro atoms. The van der Waals surface area contributed by atoms with Crippen LogP contribution in [0.25, 0.3) is 0 Å². The molecule has 3 aliphatic rings. The molecule has 1 amide bonds. The fraction of sp³-hybridized carbons (Fsp3) is 0.524. The Morgan fingerprint density at radius 3 is 2.52 bits per heavy atom. The third-order valence-corrected chi connectivity index (χ3v) is 5.85. The summed E-state index contributed by atoms with van der Waals surface area (Å²) < 4.78 is 10.9. The lowest BCUT2D eigenvalue weighted by Crippen LogP contribution is -2.40. The lowest BCUT2D eigenvalue weighted by Gasteiger charge is -2.43. The fourth-order valence-electron chi connectivity index (χ4n) is 4.61. The molecule has 144 valence electrons. The topological polar surface area (TPSA) is 67.9 Å². The van der Waals surface area contributed by atoms with Crippen molar-refractivity contribution in [3.05, 3.63) is 34.7 Å². The molecule has 0 bridgehead atoms. The van der Waals surface area contributed by atoms with Gasteiger partial charge in [0.2, 0.25) is 5.91 Å². The molecular weight excluding hydrogens is 344 g/mol. The number of nitrogens with one attached hydrogen (secondary N) is 1. The van der Waals surface area contributed by atoms with Gasteiger partial charge in [-0.1, -0.05) is 13.8 Å². The Morgan fingerprint density at radius 1 is 1.11 bits per heavy atom. The molecule has 1 atom stereocenters. The van der Waals surface area contributed by atoms with E-state index in [0.29, 0.717) is 30.0 Å². The van der Waals surface area contributed by atoms with Crippen molar-refractivity contribution in [2.24, 2.45) is 5.41 Å². The Bertz CT molecular complexity index is 856. The second kappa shape index (κ2) is 6.29. The number of amides is 1. The van der Waals surface area contributed by atoms with Crippen molar-refractivity contribution >= 4 is 11.7 Å². The Hall–Kier alpha value is -2.50. The molecule has 1 unspecified atom stereocenters. The van der Waals surface area contributed by atoms with Crippen molar-refractivity contribution in [2.75, 3.05) is 20.8 Å². The number of hydrogen-bond donors (Lipinski definition) is 1. The number of hydrogen-bond acceptors (Lipinski definition) is 5. The summed E-state index contributed by atoms with van der Waals surface area (Å²) in [5, 5.41) is 2.90. The first-order chi connectivity index (χ1) is 12.8. The minimum atomic E-state index is -0.106. The summed E-state index contributed by atoms with van der Waals surface area (Å²) in [7, 11) is 3.25. The number of carbonyl (C=O) groups excluding carboxylic acids is 2. The summed E-state index contributed by atoms with van der Waals surface area (Å²) in [6.07, 6.45) is 2.41. The van der Waals surface area contributed by atoms with Gasteiger partial charge in [-0.3, -0.25) is 9.59 Å². The van der Waals surface area contributed by atoms with Gasteiger partial charge in [-0.05, 0) is 41.5 Å². The van der Waals surface area contributed by atoms with Crippen LogP contribution in [0.4, 0.5) is 0 Å². The van der Waals surface area contributed by atoms with Gasteiger partial charge in [0.05, 0.1) is 26.7 Å². The standard InChI is InChI=1S/C21H26N2O4/c1-21(2)10-15-20(16(24)11-21)22-19(25)9-14-13-8-18(27-4)17(26-3)7-12(13)5-6-23(14)15/h7-8,14H,5-6,9-11H2,1-4H3,(H,22,25). The molecule has 4 rings (SSSR count). The van der Waals surface area contributed by atoms with Crippen molar-refractivity contribution in [1.82, 2.24) is 10.2 Å². The highest BCUT2D eigenvalue weighted by atomic mass is 16.5. The molecule has 1 aromatic carbocycles. The van der Waals surface area contributed by atoms with Gasteiger partial charge in [0.15, 0.2) is 17.3 Å². The number of carbonyl (C=O) groups is 2. The summed E-state index contributed by atoms with van der Waals surface area (Å²) in [6.45, 7) is 5.01. The third-order valence-electron chi connectivity index (χ3n) is 5.85. The van der Waals surface area contributed by atoms with Crippen LogP contribution in [-0.2, 0) is 16.0 Å². The minimum absolute atomic E-state index is 0.0355. The van der Waals surface area contributed by atoms with Crippen LogP contribution in [-0.4, -0.2) is 37.4 Å². The van der Waals surface area contributed by atoms with E-state index in [1.54, 1.807) is 14.2 Å². The van der Waals surface area contributed by atoms with E-state index in [4.69, 9.17) is 9.47 Å². The number of nitrogens with zero attached hydrogens (tertiary/aromatic N) is 1. The van der Waals surface area contributed by atoms with Crippen molar-refractivity contribution < 1.29 is 19.1 Å². The summed E-state index contributed by atoms with van der Waals surface area (Å²) in [5.74, 6) is 1.30. The van der Waals surface area contributed by atoms with Gasteiger partial charge < -0.3 is 19.7 Å². The molecular formula is C21H26N2O4. The van der Waals surface area contributed by atoms with E-state index >= 15 is 0 Å². The maximum absolute atomic E-state index is 12.7. The van der Waals surface area contributed by atoms with Crippen LogP contribution in [0.1, 0.15) is 50.3 Å². The molecule has 2 aliphatic heterocycles. The van der Waals surface area contributed by atoms with Gasteiger partial charge >= 0.3 is 0 Å². The molecule has 0 aromatic heterocycles. The second-order valence-corrected chi connectivity index (χ2v) is 8.38.